The molecular weight excluding hydrogens is 324 g/mol. The van der Waals surface area contributed by atoms with Crippen LogP contribution in [0.15, 0.2) is 29.2 Å². The second-order valence-corrected chi connectivity index (χ2v) is 8.26. The predicted molar refractivity (Wildman–Crippen MR) is 85.6 cm³/mol. The first-order chi connectivity index (χ1) is 10.6. The third-order valence-electron chi connectivity index (χ3n) is 4.30. The van der Waals surface area contributed by atoms with Crippen molar-refractivity contribution in [3.8, 4) is 0 Å². The van der Waals surface area contributed by atoms with Crippen LogP contribution in [-0.2, 0) is 14.8 Å². The molecule has 0 saturated carbocycles. The molecule has 0 spiro atoms. The fourth-order valence-electron chi connectivity index (χ4n) is 3.09. The van der Waals surface area contributed by atoms with E-state index in [1.807, 2.05) is 0 Å². The molecule has 0 amide bonds. The molecule has 2 heterocycles. The van der Waals surface area contributed by atoms with E-state index < -0.39 is 10.0 Å². The molecule has 122 valence electrons. The standard InChI is InChI=1S/C15H21ClN2O3S/c16-14-2-1-3-15(10-14)22(19,20)18-5-4-13(12-18)11-17-6-8-21-9-7-17/h1-3,10,13H,4-9,11-12H2. The molecule has 5 nitrogen and oxygen atoms in total. The second kappa shape index (κ2) is 6.84. The van der Waals surface area contributed by atoms with Crippen molar-refractivity contribution in [2.75, 3.05) is 45.9 Å². The number of nitrogens with zero attached hydrogens (tertiary/aromatic N) is 2. The molecule has 0 bridgehead atoms. The van der Waals surface area contributed by atoms with Gasteiger partial charge < -0.3 is 4.74 Å². The third-order valence-corrected chi connectivity index (χ3v) is 6.40. The zero-order valence-electron chi connectivity index (χ0n) is 12.4. The average molecular weight is 345 g/mol. The summed E-state index contributed by atoms with van der Waals surface area (Å²) in [6.45, 7) is 5.56. The molecule has 0 aliphatic carbocycles. The molecule has 1 aromatic carbocycles. The topological polar surface area (TPSA) is 49.9 Å². The zero-order valence-corrected chi connectivity index (χ0v) is 14.0. The summed E-state index contributed by atoms with van der Waals surface area (Å²) in [5.74, 6) is 0.395. The number of hydrogen-bond donors (Lipinski definition) is 0. The fourth-order valence-corrected chi connectivity index (χ4v) is 4.92. The highest BCUT2D eigenvalue weighted by molar-refractivity contribution is 7.89. The maximum atomic E-state index is 12.7. The van der Waals surface area contributed by atoms with Gasteiger partial charge in [0.2, 0.25) is 10.0 Å². The van der Waals surface area contributed by atoms with Gasteiger partial charge in [0.1, 0.15) is 0 Å². The summed E-state index contributed by atoms with van der Waals surface area (Å²) in [4.78, 5) is 2.65. The van der Waals surface area contributed by atoms with E-state index in [1.165, 1.54) is 6.07 Å². The molecule has 2 aliphatic rings. The first kappa shape index (κ1) is 16.2. The Balaban J connectivity index is 1.64. The van der Waals surface area contributed by atoms with Gasteiger partial charge in [0.15, 0.2) is 0 Å². The van der Waals surface area contributed by atoms with Crippen LogP contribution in [0.5, 0.6) is 0 Å². The van der Waals surface area contributed by atoms with Crippen molar-refractivity contribution >= 4 is 21.6 Å². The highest BCUT2D eigenvalue weighted by Crippen LogP contribution is 2.26. The van der Waals surface area contributed by atoms with Crippen LogP contribution in [0.4, 0.5) is 0 Å². The minimum absolute atomic E-state index is 0.284. The molecule has 0 N–H and O–H groups in total. The first-order valence-electron chi connectivity index (χ1n) is 7.61. The van der Waals surface area contributed by atoms with E-state index in [0.717, 1.165) is 39.3 Å². The Morgan fingerprint density at radius 3 is 2.73 bits per heavy atom. The van der Waals surface area contributed by atoms with Crippen molar-refractivity contribution in [2.24, 2.45) is 5.92 Å². The Morgan fingerprint density at radius 2 is 2.00 bits per heavy atom. The number of rotatable bonds is 4. The summed E-state index contributed by atoms with van der Waals surface area (Å²) in [5.41, 5.74) is 0. The van der Waals surface area contributed by atoms with Crippen molar-refractivity contribution in [2.45, 2.75) is 11.3 Å². The van der Waals surface area contributed by atoms with Crippen LogP contribution in [0.3, 0.4) is 0 Å². The zero-order chi connectivity index (χ0) is 15.6. The van der Waals surface area contributed by atoms with Crippen molar-refractivity contribution in [1.29, 1.82) is 0 Å². The number of hydrogen-bond acceptors (Lipinski definition) is 4. The SMILES string of the molecule is O=S(=O)(c1cccc(Cl)c1)N1CCC(CN2CCOCC2)C1. The normalized spacial score (nSPS) is 24.7. The van der Waals surface area contributed by atoms with Gasteiger partial charge in [-0.15, -0.1) is 0 Å². The van der Waals surface area contributed by atoms with Crippen molar-refractivity contribution < 1.29 is 13.2 Å². The van der Waals surface area contributed by atoms with E-state index in [-0.39, 0.29) is 4.90 Å². The molecule has 22 heavy (non-hydrogen) atoms. The Kier molecular flexibility index (Phi) is 5.04. The quantitative estimate of drug-likeness (QED) is 0.834. The van der Waals surface area contributed by atoms with Crippen LogP contribution in [0.25, 0.3) is 0 Å². The fraction of sp³-hybridized carbons (Fsp3) is 0.600. The van der Waals surface area contributed by atoms with E-state index in [4.69, 9.17) is 16.3 Å². The molecule has 0 radical (unpaired) electrons. The predicted octanol–water partition coefficient (Wildman–Crippen LogP) is 1.68. The van der Waals surface area contributed by atoms with E-state index in [0.29, 0.717) is 24.0 Å². The van der Waals surface area contributed by atoms with Crippen LogP contribution in [-0.4, -0.2) is 63.6 Å². The van der Waals surface area contributed by atoms with E-state index >= 15 is 0 Å². The lowest BCUT2D eigenvalue weighted by molar-refractivity contribution is 0.0316. The van der Waals surface area contributed by atoms with Gasteiger partial charge in [-0.2, -0.15) is 4.31 Å². The number of halogens is 1. The van der Waals surface area contributed by atoms with E-state index in [1.54, 1.807) is 22.5 Å². The molecule has 2 fully saturated rings. The van der Waals surface area contributed by atoms with Gasteiger partial charge in [-0.05, 0) is 30.5 Å². The van der Waals surface area contributed by atoms with Crippen LogP contribution in [0, 0.1) is 5.92 Å². The maximum absolute atomic E-state index is 12.7. The Morgan fingerprint density at radius 1 is 1.23 bits per heavy atom. The Hall–Kier alpha value is -0.660. The lowest BCUT2D eigenvalue weighted by Crippen LogP contribution is -2.40. The van der Waals surface area contributed by atoms with Gasteiger partial charge in [0, 0.05) is 37.7 Å². The van der Waals surface area contributed by atoms with E-state index in [9.17, 15) is 8.42 Å². The summed E-state index contributed by atoms with van der Waals surface area (Å²) in [6.07, 6.45) is 0.914. The van der Waals surface area contributed by atoms with Crippen LogP contribution >= 0.6 is 11.6 Å². The lowest BCUT2D eigenvalue weighted by atomic mass is 10.1. The van der Waals surface area contributed by atoms with Crippen LogP contribution in [0.2, 0.25) is 5.02 Å². The molecule has 1 unspecified atom stereocenters. The van der Waals surface area contributed by atoms with Gasteiger partial charge in [0.25, 0.3) is 0 Å². The van der Waals surface area contributed by atoms with Crippen LogP contribution in [0.1, 0.15) is 6.42 Å². The minimum atomic E-state index is -3.43. The summed E-state index contributed by atoms with van der Waals surface area (Å²) >= 11 is 5.91. The summed E-state index contributed by atoms with van der Waals surface area (Å²) in [6, 6.07) is 6.49. The van der Waals surface area contributed by atoms with Crippen LogP contribution < -0.4 is 0 Å². The lowest BCUT2D eigenvalue weighted by Gasteiger charge is -2.29. The van der Waals surface area contributed by atoms with E-state index in [2.05, 4.69) is 4.90 Å². The monoisotopic (exact) mass is 344 g/mol. The van der Waals surface area contributed by atoms with Crippen molar-refractivity contribution in [3.63, 3.8) is 0 Å². The molecule has 2 aliphatic heterocycles. The first-order valence-corrected chi connectivity index (χ1v) is 9.43. The number of morpholine rings is 1. The minimum Gasteiger partial charge on any atom is -0.379 e. The molecular formula is C15H21ClN2O3S. The third kappa shape index (κ3) is 3.63. The highest BCUT2D eigenvalue weighted by Gasteiger charge is 2.33. The molecule has 0 aromatic heterocycles. The summed E-state index contributed by atoms with van der Waals surface area (Å²) < 4.78 is 32.3. The van der Waals surface area contributed by atoms with Gasteiger partial charge in [-0.1, -0.05) is 17.7 Å². The van der Waals surface area contributed by atoms with Gasteiger partial charge in [-0.3, -0.25) is 4.90 Å². The second-order valence-electron chi connectivity index (χ2n) is 5.89. The average Bonchev–Trinajstić information content (AvgIpc) is 2.97. The Bertz CT molecular complexity index is 617. The highest BCUT2D eigenvalue weighted by atomic mass is 35.5. The van der Waals surface area contributed by atoms with Gasteiger partial charge >= 0.3 is 0 Å². The molecule has 1 atom stereocenters. The number of ether oxygens (including phenoxy) is 1. The smallest absolute Gasteiger partial charge is 0.243 e. The number of benzene rings is 1. The van der Waals surface area contributed by atoms with Crippen molar-refractivity contribution in [1.82, 2.24) is 9.21 Å². The summed E-state index contributed by atoms with van der Waals surface area (Å²) in [5, 5.41) is 0.449. The van der Waals surface area contributed by atoms with Crippen molar-refractivity contribution in [3.05, 3.63) is 29.3 Å². The van der Waals surface area contributed by atoms with Gasteiger partial charge in [-0.25, -0.2) is 8.42 Å². The van der Waals surface area contributed by atoms with Gasteiger partial charge in [0.05, 0.1) is 18.1 Å². The molecule has 3 rings (SSSR count). The summed E-state index contributed by atoms with van der Waals surface area (Å²) in [7, 11) is -3.43. The number of sulfonamides is 1. The Labute approximate surface area is 136 Å². The molecule has 1 aromatic rings. The molecule has 7 heteroatoms. The maximum Gasteiger partial charge on any atom is 0.243 e. The molecule has 2 saturated heterocycles. The largest absolute Gasteiger partial charge is 0.379 e.